The third-order valence-electron chi connectivity index (χ3n) is 4.22. The summed E-state index contributed by atoms with van der Waals surface area (Å²) < 4.78 is 26.8. The van der Waals surface area contributed by atoms with E-state index in [0.717, 1.165) is 0 Å². The topological polar surface area (TPSA) is 200 Å². The van der Waals surface area contributed by atoms with Crippen LogP contribution in [0.2, 0.25) is 0 Å². The van der Waals surface area contributed by atoms with E-state index in [2.05, 4.69) is 19.9 Å². The maximum absolute atomic E-state index is 12.1. The smallest absolute Gasteiger partial charge is 0.394 e. The summed E-state index contributed by atoms with van der Waals surface area (Å²) in [6, 6.07) is -0.780. The predicted octanol–water partition coefficient (Wildman–Crippen LogP) is -0.472. The molecule has 6 atom stereocenters. The van der Waals surface area contributed by atoms with Crippen LogP contribution < -0.4 is 5.32 Å². The second-order valence-corrected chi connectivity index (χ2v) is 7.76. The molecule has 2 rings (SSSR count). The van der Waals surface area contributed by atoms with Crippen LogP contribution in [-0.4, -0.2) is 71.1 Å². The number of carbonyl (C=O) groups excluding carboxylic acids is 2. The molecule has 0 spiro atoms. The van der Waals surface area contributed by atoms with Gasteiger partial charge < -0.3 is 19.8 Å². The second-order valence-electron chi connectivity index (χ2n) is 6.31. The molecule has 156 valence electrons. The third-order valence-corrected chi connectivity index (χ3v) is 5.17. The van der Waals surface area contributed by atoms with Gasteiger partial charge in [0.2, 0.25) is 5.91 Å². The molecule has 0 bridgehead atoms. The highest BCUT2D eigenvalue weighted by Crippen LogP contribution is 2.44. The molecule has 0 aromatic rings. The van der Waals surface area contributed by atoms with Gasteiger partial charge in [0.05, 0.1) is 44.0 Å². The molecule has 14 heteroatoms. The van der Waals surface area contributed by atoms with Crippen molar-refractivity contribution in [3.8, 4) is 0 Å². The third kappa shape index (κ3) is 5.84. The molecule has 1 saturated heterocycles. The Kier molecular flexibility index (Phi) is 7.70. The van der Waals surface area contributed by atoms with Gasteiger partial charge in [0.1, 0.15) is 6.10 Å². The molecule has 2 aliphatic heterocycles. The standard InChI is InChI=1S/C14H21N4O9P/c1-7-2-9(14(22)16-13(7)21)11-3-10(17-18-15)12(27-11)6-26-28(23,24)25-5-8(20)4-19/h2,8-12,19-20H,3-6H2,1H3,(H,23,24)(H,16,21,22)/t8-,9?,10+,11-,12-/m1/s1. The van der Waals surface area contributed by atoms with Crippen molar-refractivity contribution in [2.75, 3.05) is 19.8 Å². The van der Waals surface area contributed by atoms with E-state index >= 15 is 0 Å². The number of nitrogens with zero attached hydrogens (tertiary/aromatic N) is 3. The number of amides is 2. The van der Waals surface area contributed by atoms with Crippen molar-refractivity contribution in [1.29, 1.82) is 0 Å². The summed E-state index contributed by atoms with van der Waals surface area (Å²) >= 11 is 0. The normalized spacial score (nSPS) is 30.8. The molecule has 0 aliphatic carbocycles. The lowest BCUT2D eigenvalue weighted by Gasteiger charge is -2.24. The Morgan fingerprint density at radius 1 is 1.50 bits per heavy atom. The average molecular weight is 420 g/mol. The van der Waals surface area contributed by atoms with E-state index in [1.54, 1.807) is 0 Å². The minimum Gasteiger partial charge on any atom is -0.394 e. The lowest BCUT2D eigenvalue weighted by molar-refractivity contribution is -0.134. The molecule has 0 aromatic heterocycles. The van der Waals surface area contributed by atoms with Gasteiger partial charge in [-0.05, 0) is 18.9 Å². The first-order valence-corrected chi connectivity index (χ1v) is 9.80. The molecule has 2 amide bonds. The minimum atomic E-state index is -4.56. The summed E-state index contributed by atoms with van der Waals surface area (Å²) in [5.74, 6) is -1.86. The van der Waals surface area contributed by atoms with Gasteiger partial charge in [-0.2, -0.15) is 0 Å². The van der Waals surface area contributed by atoms with Crippen molar-refractivity contribution in [2.45, 2.75) is 37.7 Å². The number of hydrogen-bond donors (Lipinski definition) is 4. The first-order chi connectivity index (χ1) is 13.2. The Balaban J connectivity index is 2.02. The summed E-state index contributed by atoms with van der Waals surface area (Å²) in [7, 11) is -4.56. The lowest BCUT2D eigenvalue weighted by atomic mass is 9.92. The monoisotopic (exact) mass is 420 g/mol. The number of ether oxygens (including phenoxy) is 1. The van der Waals surface area contributed by atoms with Gasteiger partial charge in [0.25, 0.3) is 5.91 Å². The molecule has 1 fully saturated rings. The summed E-state index contributed by atoms with van der Waals surface area (Å²) in [5, 5.41) is 23.6. The maximum Gasteiger partial charge on any atom is 0.472 e. The van der Waals surface area contributed by atoms with E-state index in [4.69, 9.17) is 25.0 Å². The van der Waals surface area contributed by atoms with Crippen molar-refractivity contribution in [3.05, 3.63) is 22.1 Å². The van der Waals surface area contributed by atoms with Crippen LogP contribution in [0.25, 0.3) is 10.4 Å². The average Bonchev–Trinajstić information content (AvgIpc) is 3.04. The van der Waals surface area contributed by atoms with Crippen LogP contribution in [0, 0.1) is 5.92 Å². The van der Waals surface area contributed by atoms with E-state index in [0.29, 0.717) is 5.57 Å². The fourth-order valence-corrected chi connectivity index (χ4v) is 3.53. The van der Waals surface area contributed by atoms with Crippen LogP contribution in [0.5, 0.6) is 0 Å². The van der Waals surface area contributed by atoms with E-state index in [9.17, 15) is 19.0 Å². The van der Waals surface area contributed by atoms with Gasteiger partial charge in [-0.1, -0.05) is 11.2 Å². The first kappa shape index (κ1) is 22.5. The van der Waals surface area contributed by atoms with Gasteiger partial charge >= 0.3 is 7.82 Å². The van der Waals surface area contributed by atoms with Crippen LogP contribution in [0.1, 0.15) is 13.3 Å². The molecule has 0 saturated carbocycles. The summed E-state index contributed by atoms with van der Waals surface area (Å²) in [6.45, 7) is -0.238. The zero-order valence-electron chi connectivity index (χ0n) is 14.9. The molecule has 2 aliphatic rings. The number of azide groups is 1. The fraction of sp³-hybridized carbons (Fsp3) is 0.714. The Morgan fingerprint density at radius 3 is 2.86 bits per heavy atom. The van der Waals surface area contributed by atoms with Crippen molar-refractivity contribution in [3.63, 3.8) is 0 Å². The van der Waals surface area contributed by atoms with Crippen molar-refractivity contribution < 1.29 is 43.0 Å². The van der Waals surface area contributed by atoms with Gasteiger partial charge in [0.15, 0.2) is 0 Å². The predicted molar refractivity (Wildman–Crippen MR) is 91.4 cm³/mol. The Hall–Kier alpha value is -1.82. The number of carbonyl (C=O) groups is 2. The molecule has 0 aromatic carbocycles. The molecule has 28 heavy (non-hydrogen) atoms. The maximum atomic E-state index is 12.1. The number of rotatable bonds is 9. The minimum absolute atomic E-state index is 0.133. The number of phosphoric acid groups is 1. The van der Waals surface area contributed by atoms with Crippen LogP contribution in [-0.2, 0) is 27.9 Å². The van der Waals surface area contributed by atoms with Crippen LogP contribution >= 0.6 is 7.82 Å². The van der Waals surface area contributed by atoms with Crippen molar-refractivity contribution in [1.82, 2.24) is 5.32 Å². The van der Waals surface area contributed by atoms with E-state index < -0.39 is 69.7 Å². The highest BCUT2D eigenvalue weighted by molar-refractivity contribution is 7.47. The number of aliphatic hydroxyl groups excluding tert-OH is 2. The molecular formula is C14H21N4O9P. The zero-order chi connectivity index (χ0) is 20.9. The number of phosphoric ester groups is 1. The molecule has 4 N–H and O–H groups in total. The highest BCUT2D eigenvalue weighted by atomic mass is 31.2. The van der Waals surface area contributed by atoms with Gasteiger partial charge in [0, 0.05) is 10.5 Å². The Labute approximate surface area is 159 Å². The van der Waals surface area contributed by atoms with Crippen LogP contribution in [0.3, 0.4) is 0 Å². The molecule has 13 nitrogen and oxygen atoms in total. The summed E-state index contributed by atoms with van der Waals surface area (Å²) in [6.07, 6.45) is -1.43. The Morgan fingerprint density at radius 2 is 2.21 bits per heavy atom. The highest BCUT2D eigenvalue weighted by Gasteiger charge is 2.43. The lowest BCUT2D eigenvalue weighted by Crippen LogP contribution is -2.44. The number of nitrogens with one attached hydrogen (secondary N) is 1. The van der Waals surface area contributed by atoms with Gasteiger partial charge in [-0.25, -0.2) is 4.57 Å². The van der Waals surface area contributed by atoms with Crippen LogP contribution in [0.4, 0.5) is 0 Å². The second kappa shape index (κ2) is 9.59. The van der Waals surface area contributed by atoms with E-state index in [-0.39, 0.29) is 6.42 Å². The van der Waals surface area contributed by atoms with Gasteiger partial charge in [-0.15, -0.1) is 0 Å². The van der Waals surface area contributed by atoms with Crippen LogP contribution in [0.15, 0.2) is 16.8 Å². The SMILES string of the molecule is CC1=CC([C@H]2C[C@H](N=[N+]=[N-])[C@@H](COP(=O)(O)OC[C@H](O)CO)O2)C(=O)NC1=O. The first-order valence-electron chi connectivity index (χ1n) is 8.31. The summed E-state index contributed by atoms with van der Waals surface area (Å²) in [5.41, 5.74) is 9.05. The molecular weight excluding hydrogens is 399 g/mol. The van der Waals surface area contributed by atoms with E-state index in [1.807, 2.05) is 0 Å². The quantitative estimate of drug-likeness (QED) is 0.125. The number of imide groups is 1. The molecule has 2 unspecified atom stereocenters. The van der Waals surface area contributed by atoms with E-state index in [1.165, 1.54) is 13.0 Å². The molecule has 0 radical (unpaired) electrons. The summed E-state index contributed by atoms with van der Waals surface area (Å²) in [4.78, 5) is 35.9. The Bertz CT molecular complexity index is 738. The number of aliphatic hydroxyl groups is 2. The molecule has 2 heterocycles. The number of hydrogen-bond acceptors (Lipinski definition) is 9. The van der Waals surface area contributed by atoms with Gasteiger partial charge in [-0.3, -0.25) is 24.0 Å². The van der Waals surface area contributed by atoms with Crippen molar-refractivity contribution in [2.24, 2.45) is 11.0 Å². The largest absolute Gasteiger partial charge is 0.472 e. The van der Waals surface area contributed by atoms with Crippen molar-refractivity contribution >= 4 is 19.6 Å². The fourth-order valence-electron chi connectivity index (χ4n) is 2.76. The zero-order valence-corrected chi connectivity index (χ0v) is 15.8.